The van der Waals surface area contributed by atoms with Gasteiger partial charge in [0.15, 0.2) is 0 Å². The van der Waals surface area contributed by atoms with Crippen molar-refractivity contribution in [1.29, 1.82) is 0 Å². The van der Waals surface area contributed by atoms with Crippen molar-refractivity contribution in [3.8, 4) is 0 Å². The third kappa shape index (κ3) is 4.49. The number of aliphatic hydroxyl groups is 2. The third-order valence-corrected chi connectivity index (χ3v) is 3.38. The standard InChI is InChI=1S/C12H23NO3/c1-10-4-6-12(16,7-5-10)9-13-11(15)3-2-8-14/h10,14,16H,2-9H2,1H3,(H,13,15). The lowest BCUT2D eigenvalue weighted by Crippen LogP contribution is -2.45. The van der Waals surface area contributed by atoms with Crippen LogP contribution in [-0.2, 0) is 4.79 Å². The Labute approximate surface area is 97.0 Å². The van der Waals surface area contributed by atoms with Crippen molar-refractivity contribution < 1.29 is 15.0 Å². The maximum Gasteiger partial charge on any atom is 0.220 e. The maximum absolute atomic E-state index is 11.3. The van der Waals surface area contributed by atoms with Gasteiger partial charge in [0.05, 0.1) is 5.60 Å². The molecule has 0 aromatic rings. The lowest BCUT2D eigenvalue weighted by Gasteiger charge is -2.34. The van der Waals surface area contributed by atoms with Crippen LogP contribution < -0.4 is 5.32 Å². The highest BCUT2D eigenvalue weighted by Crippen LogP contribution is 2.31. The van der Waals surface area contributed by atoms with Crippen LogP contribution in [0.15, 0.2) is 0 Å². The summed E-state index contributed by atoms with van der Waals surface area (Å²) in [7, 11) is 0. The molecule has 4 heteroatoms. The third-order valence-electron chi connectivity index (χ3n) is 3.38. The van der Waals surface area contributed by atoms with E-state index < -0.39 is 5.60 Å². The quantitative estimate of drug-likeness (QED) is 0.653. The first-order valence-corrected chi connectivity index (χ1v) is 6.16. The Morgan fingerprint density at radius 3 is 2.62 bits per heavy atom. The Morgan fingerprint density at radius 2 is 2.06 bits per heavy atom. The molecule has 1 saturated carbocycles. The number of carbonyl (C=O) groups excluding carboxylic acids is 1. The zero-order chi connectivity index (χ0) is 12.0. The van der Waals surface area contributed by atoms with Crippen LogP contribution in [0, 0.1) is 5.92 Å². The molecular weight excluding hydrogens is 206 g/mol. The molecule has 1 fully saturated rings. The fraction of sp³-hybridized carbons (Fsp3) is 0.917. The summed E-state index contributed by atoms with van der Waals surface area (Å²) in [6.07, 6.45) is 4.43. The number of rotatable bonds is 5. The normalized spacial score (nSPS) is 30.1. The molecule has 1 aliphatic carbocycles. The molecule has 0 spiro atoms. The van der Waals surface area contributed by atoms with Crippen LogP contribution in [0.4, 0.5) is 0 Å². The molecule has 16 heavy (non-hydrogen) atoms. The van der Waals surface area contributed by atoms with Crippen LogP contribution in [0.2, 0.25) is 0 Å². The van der Waals surface area contributed by atoms with E-state index in [0.29, 0.717) is 25.3 Å². The molecule has 0 heterocycles. The van der Waals surface area contributed by atoms with Crippen molar-refractivity contribution in [2.75, 3.05) is 13.2 Å². The van der Waals surface area contributed by atoms with E-state index in [1.807, 2.05) is 0 Å². The maximum atomic E-state index is 11.3. The SMILES string of the molecule is CC1CCC(O)(CNC(=O)CCCO)CC1. The van der Waals surface area contributed by atoms with E-state index >= 15 is 0 Å². The fourth-order valence-corrected chi connectivity index (χ4v) is 2.07. The summed E-state index contributed by atoms with van der Waals surface area (Å²) in [5, 5.41) is 21.5. The molecule has 1 aliphatic rings. The largest absolute Gasteiger partial charge is 0.396 e. The molecule has 1 amide bonds. The molecule has 0 aromatic heterocycles. The lowest BCUT2D eigenvalue weighted by molar-refractivity contribution is -0.123. The summed E-state index contributed by atoms with van der Waals surface area (Å²) in [6.45, 7) is 2.58. The smallest absolute Gasteiger partial charge is 0.220 e. The second kappa shape index (κ2) is 6.21. The van der Waals surface area contributed by atoms with Gasteiger partial charge in [-0.2, -0.15) is 0 Å². The minimum absolute atomic E-state index is 0.0369. The molecule has 0 bridgehead atoms. The summed E-state index contributed by atoms with van der Waals surface area (Å²) in [4.78, 5) is 11.3. The van der Waals surface area contributed by atoms with Crippen molar-refractivity contribution in [2.24, 2.45) is 5.92 Å². The molecule has 0 aliphatic heterocycles. The van der Waals surface area contributed by atoms with Crippen LogP contribution in [-0.4, -0.2) is 34.9 Å². The first kappa shape index (κ1) is 13.5. The van der Waals surface area contributed by atoms with Crippen molar-refractivity contribution >= 4 is 5.91 Å². The molecule has 0 aromatic carbocycles. The van der Waals surface area contributed by atoms with Gasteiger partial charge in [0.1, 0.15) is 0 Å². The molecule has 0 radical (unpaired) electrons. The first-order valence-electron chi connectivity index (χ1n) is 6.16. The summed E-state index contributed by atoms with van der Waals surface area (Å²) >= 11 is 0. The van der Waals surface area contributed by atoms with E-state index in [2.05, 4.69) is 12.2 Å². The van der Waals surface area contributed by atoms with E-state index in [-0.39, 0.29) is 12.5 Å². The van der Waals surface area contributed by atoms with Gasteiger partial charge in [-0.15, -0.1) is 0 Å². The van der Waals surface area contributed by atoms with Crippen LogP contribution in [0.5, 0.6) is 0 Å². The highest BCUT2D eigenvalue weighted by atomic mass is 16.3. The number of hydrogen-bond donors (Lipinski definition) is 3. The number of aliphatic hydroxyl groups excluding tert-OH is 1. The van der Waals surface area contributed by atoms with Gasteiger partial charge < -0.3 is 15.5 Å². The summed E-state index contributed by atoms with van der Waals surface area (Å²) < 4.78 is 0. The van der Waals surface area contributed by atoms with Crippen LogP contribution in [0.3, 0.4) is 0 Å². The fourth-order valence-electron chi connectivity index (χ4n) is 2.07. The van der Waals surface area contributed by atoms with Gasteiger partial charge in [0.2, 0.25) is 5.91 Å². The van der Waals surface area contributed by atoms with Crippen molar-refractivity contribution in [3.63, 3.8) is 0 Å². The Bertz CT molecular complexity index is 222. The van der Waals surface area contributed by atoms with E-state index in [0.717, 1.165) is 25.7 Å². The highest BCUT2D eigenvalue weighted by molar-refractivity contribution is 5.75. The van der Waals surface area contributed by atoms with Crippen molar-refractivity contribution in [2.45, 2.75) is 51.0 Å². The molecule has 0 saturated heterocycles. The van der Waals surface area contributed by atoms with Gasteiger partial charge in [-0.3, -0.25) is 4.79 Å². The molecule has 0 atom stereocenters. The Morgan fingerprint density at radius 1 is 1.44 bits per heavy atom. The summed E-state index contributed by atoms with van der Waals surface area (Å²) in [5.74, 6) is 0.603. The number of nitrogens with one attached hydrogen (secondary N) is 1. The number of hydrogen-bond acceptors (Lipinski definition) is 3. The van der Waals surface area contributed by atoms with Crippen LogP contribution in [0.25, 0.3) is 0 Å². The minimum atomic E-state index is -0.707. The van der Waals surface area contributed by atoms with Crippen molar-refractivity contribution in [3.05, 3.63) is 0 Å². The Hall–Kier alpha value is -0.610. The zero-order valence-corrected chi connectivity index (χ0v) is 10.0. The van der Waals surface area contributed by atoms with Gasteiger partial charge in [-0.25, -0.2) is 0 Å². The van der Waals surface area contributed by atoms with Gasteiger partial charge in [-0.1, -0.05) is 6.92 Å². The summed E-state index contributed by atoms with van der Waals surface area (Å²) in [5.41, 5.74) is -0.707. The van der Waals surface area contributed by atoms with Gasteiger partial charge in [0, 0.05) is 19.6 Å². The predicted octanol–water partition coefficient (Wildman–Crippen LogP) is 0.816. The molecular formula is C12H23NO3. The number of amides is 1. The molecule has 3 N–H and O–H groups in total. The average Bonchev–Trinajstić information content (AvgIpc) is 2.28. The zero-order valence-electron chi connectivity index (χ0n) is 10.0. The lowest BCUT2D eigenvalue weighted by atomic mass is 9.79. The predicted molar refractivity (Wildman–Crippen MR) is 61.9 cm³/mol. The van der Waals surface area contributed by atoms with Gasteiger partial charge >= 0.3 is 0 Å². The highest BCUT2D eigenvalue weighted by Gasteiger charge is 2.31. The topological polar surface area (TPSA) is 69.6 Å². The first-order chi connectivity index (χ1) is 7.56. The Kier molecular flexibility index (Phi) is 5.22. The second-order valence-electron chi connectivity index (χ2n) is 5.01. The number of carbonyl (C=O) groups is 1. The molecule has 94 valence electrons. The second-order valence-corrected chi connectivity index (χ2v) is 5.01. The minimum Gasteiger partial charge on any atom is -0.396 e. The monoisotopic (exact) mass is 229 g/mol. The molecule has 1 rings (SSSR count). The molecule has 0 unspecified atom stereocenters. The van der Waals surface area contributed by atoms with E-state index in [4.69, 9.17) is 5.11 Å². The summed E-state index contributed by atoms with van der Waals surface area (Å²) in [6, 6.07) is 0. The molecule has 4 nitrogen and oxygen atoms in total. The Balaban J connectivity index is 2.23. The van der Waals surface area contributed by atoms with E-state index in [1.165, 1.54) is 0 Å². The van der Waals surface area contributed by atoms with E-state index in [1.54, 1.807) is 0 Å². The van der Waals surface area contributed by atoms with Gasteiger partial charge in [-0.05, 0) is 38.0 Å². The average molecular weight is 229 g/mol. The van der Waals surface area contributed by atoms with E-state index in [9.17, 15) is 9.90 Å². The van der Waals surface area contributed by atoms with Crippen LogP contribution >= 0.6 is 0 Å². The van der Waals surface area contributed by atoms with Crippen molar-refractivity contribution in [1.82, 2.24) is 5.32 Å². The van der Waals surface area contributed by atoms with Crippen LogP contribution in [0.1, 0.15) is 45.4 Å². The van der Waals surface area contributed by atoms with Gasteiger partial charge in [0.25, 0.3) is 0 Å².